The first-order valence-electron chi connectivity index (χ1n) is 6.99. The summed E-state index contributed by atoms with van der Waals surface area (Å²) in [6, 6.07) is 3.61. The van der Waals surface area contributed by atoms with Crippen molar-refractivity contribution in [2.75, 3.05) is 18.9 Å². The van der Waals surface area contributed by atoms with Crippen LogP contribution in [0.15, 0.2) is 24.4 Å². The van der Waals surface area contributed by atoms with E-state index in [2.05, 4.69) is 10.3 Å². The van der Waals surface area contributed by atoms with E-state index < -0.39 is 11.6 Å². The summed E-state index contributed by atoms with van der Waals surface area (Å²) in [6.07, 6.45) is 3.13. The van der Waals surface area contributed by atoms with Crippen LogP contribution in [-0.2, 0) is 0 Å². The van der Waals surface area contributed by atoms with E-state index in [1.165, 1.54) is 17.4 Å². The van der Waals surface area contributed by atoms with Crippen LogP contribution in [0.2, 0.25) is 0 Å². The Bertz CT molecular complexity index is 704. The summed E-state index contributed by atoms with van der Waals surface area (Å²) >= 11 is 1.28. The predicted molar refractivity (Wildman–Crippen MR) is 81.0 cm³/mol. The summed E-state index contributed by atoms with van der Waals surface area (Å²) in [6.45, 7) is 0.606. The highest BCUT2D eigenvalue weighted by atomic mass is 32.1. The van der Waals surface area contributed by atoms with E-state index >= 15 is 0 Å². The molecule has 3 rings (SSSR count). The minimum absolute atomic E-state index is 0.119. The van der Waals surface area contributed by atoms with Crippen LogP contribution < -0.4 is 5.32 Å². The first-order valence-corrected chi connectivity index (χ1v) is 7.81. The van der Waals surface area contributed by atoms with E-state index in [1.807, 2.05) is 0 Å². The number of rotatable bonds is 3. The van der Waals surface area contributed by atoms with Gasteiger partial charge in [-0.1, -0.05) is 17.4 Å². The van der Waals surface area contributed by atoms with Crippen LogP contribution in [-0.4, -0.2) is 29.4 Å². The normalized spacial score (nSPS) is 17.8. The Hall–Kier alpha value is -2.02. The molecule has 0 spiro atoms. The number of amides is 1. The van der Waals surface area contributed by atoms with Gasteiger partial charge >= 0.3 is 0 Å². The van der Waals surface area contributed by atoms with Gasteiger partial charge in [-0.2, -0.15) is 0 Å². The first-order chi connectivity index (χ1) is 10.6. The van der Waals surface area contributed by atoms with E-state index in [9.17, 15) is 13.6 Å². The standard InChI is InChI=1S/C15H15F2N3OS/c1-18-15-19-8-13(22-15)14(21)20-6-2-3-12(20)9-4-5-10(16)11(17)7-9/h4-5,7-8,12H,2-3,6H2,1H3,(H,18,19)/t12-/m0/s1. The molecule has 1 aliphatic heterocycles. The molecule has 1 N–H and O–H groups in total. The third-order valence-corrected chi connectivity index (χ3v) is 4.78. The second kappa shape index (κ2) is 6.00. The van der Waals surface area contributed by atoms with Crippen LogP contribution in [0, 0.1) is 11.6 Å². The maximum absolute atomic E-state index is 13.4. The van der Waals surface area contributed by atoms with Gasteiger partial charge in [0.2, 0.25) is 0 Å². The first kappa shape index (κ1) is 14.9. The number of hydrogen-bond donors (Lipinski definition) is 1. The third kappa shape index (κ3) is 2.68. The number of aromatic nitrogens is 1. The number of hydrogen-bond acceptors (Lipinski definition) is 4. The van der Waals surface area contributed by atoms with Crippen molar-refractivity contribution in [1.82, 2.24) is 9.88 Å². The predicted octanol–water partition coefficient (Wildman–Crippen LogP) is 3.44. The van der Waals surface area contributed by atoms with Gasteiger partial charge in [-0.15, -0.1) is 0 Å². The number of benzene rings is 1. The third-order valence-electron chi connectivity index (χ3n) is 3.77. The molecule has 0 bridgehead atoms. The maximum atomic E-state index is 13.4. The molecule has 0 radical (unpaired) electrons. The van der Waals surface area contributed by atoms with Gasteiger partial charge in [-0.05, 0) is 30.5 Å². The largest absolute Gasteiger partial charge is 0.365 e. The molecule has 0 unspecified atom stereocenters. The van der Waals surface area contributed by atoms with Gasteiger partial charge in [0, 0.05) is 13.6 Å². The van der Waals surface area contributed by atoms with Crippen molar-refractivity contribution in [3.63, 3.8) is 0 Å². The fourth-order valence-corrected chi connectivity index (χ4v) is 3.43. The summed E-state index contributed by atoms with van der Waals surface area (Å²) in [7, 11) is 1.74. The lowest BCUT2D eigenvalue weighted by Crippen LogP contribution is -2.30. The van der Waals surface area contributed by atoms with Gasteiger partial charge in [0.25, 0.3) is 5.91 Å². The lowest BCUT2D eigenvalue weighted by Gasteiger charge is -2.24. The zero-order valence-electron chi connectivity index (χ0n) is 12.0. The average molecular weight is 323 g/mol. The SMILES string of the molecule is CNc1ncc(C(=O)N2CCC[C@H]2c2ccc(F)c(F)c2)s1. The highest BCUT2D eigenvalue weighted by Gasteiger charge is 2.32. The van der Waals surface area contributed by atoms with Crippen LogP contribution in [0.3, 0.4) is 0 Å². The summed E-state index contributed by atoms with van der Waals surface area (Å²) in [5, 5.41) is 3.57. The minimum Gasteiger partial charge on any atom is -0.365 e. The van der Waals surface area contributed by atoms with Crippen LogP contribution in [0.25, 0.3) is 0 Å². The van der Waals surface area contributed by atoms with Gasteiger partial charge in [-0.25, -0.2) is 13.8 Å². The van der Waals surface area contributed by atoms with Crippen LogP contribution >= 0.6 is 11.3 Å². The zero-order chi connectivity index (χ0) is 15.7. The average Bonchev–Trinajstić information content (AvgIpc) is 3.18. The molecule has 22 heavy (non-hydrogen) atoms. The maximum Gasteiger partial charge on any atom is 0.266 e. The van der Waals surface area contributed by atoms with Crippen molar-refractivity contribution in [2.24, 2.45) is 0 Å². The van der Waals surface area contributed by atoms with Gasteiger partial charge in [0.05, 0.1) is 12.2 Å². The topological polar surface area (TPSA) is 45.2 Å². The lowest BCUT2D eigenvalue weighted by atomic mass is 10.0. The molecule has 1 saturated heterocycles. The number of anilines is 1. The monoisotopic (exact) mass is 323 g/mol. The number of halogens is 2. The second-order valence-electron chi connectivity index (χ2n) is 5.11. The summed E-state index contributed by atoms with van der Waals surface area (Å²) in [5.41, 5.74) is 0.628. The molecule has 2 heterocycles. The van der Waals surface area contributed by atoms with Crippen molar-refractivity contribution in [3.8, 4) is 0 Å². The van der Waals surface area contributed by atoms with Gasteiger partial charge in [0.15, 0.2) is 16.8 Å². The Kier molecular flexibility index (Phi) is 4.06. The van der Waals surface area contributed by atoms with Crippen LogP contribution in [0.1, 0.15) is 34.1 Å². The molecule has 1 aromatic carbocycles. The molecule has 1 amide bonds. The molecule has 0 aliphatic carbocycles. The highest BCUT2D eigenvalue weighted by molar-refractivity contribution is 7.17. The molecule has 1 fully saturated rings. The van der Waals surface area contributed by atoms with Gasteiger partial charge in [-0.3, -0.25) is 4.79 Å². The van der Waals surface area contributed by atoms with Crippen molar-refractivity contribution in [3.05, 3.63) is 46.5 Å². The van der Waals surface area contributed by atoms with Crippen molar-refractivity contribution < 1.29 is 13.6 Å². The van der Waals surface area contributed by atoms with E-state index in [4.69, 9.17) is 0 Å². The fraction of sp³-hybridized carbons (Fsp3) is 0.333. The Labute approximate surface area is 130 Å². The van der Waals surface area contributed by atoms with Crippen molar-refractivity contribution in [2.45, 2.75) is 18.9 Å². The lowest BCUT2D eigenvalue weighted by molar-refractivity contribution is 0.0740. The van der Waals surface area contributed by atoms with E-state index in [0.717, 1.165) is 18.9 Å². The number of carbonyl (C=O) groups excluding carboxylic acids is 1. The molecular weight excluding hydrogens is 308 g/mol. The molecule has 1 aromatic heterocycles. The Balaban J connectivity index is 1.86. The number of nitrogens with one attached hydrogen (secondary N) is 1. The van der Waals surface area contributed by atoms with E-state index in [0.29, 0.717) is 22.1 Å². The number of carbonyl (C=O) groups is 1. The smallest absolute Gasteiger partial charge is 0.266 e. The van der Waals surface area contributed by atoms with E-state index in [1.54, 1.807) is 24.2 Å². The molecule has 2 aromatic rings. The Morgan fingerprint density at radius 3 is 2.91 bits per heavy atom. The Morgan fingerprint density at radius 1 is 1.41 bits per heavy atom. The van der Waals surface area contributed by atoms with Gasteiger partial charge < -0.3 is 10.2 Å². The minimum atomic E-state index is -0.882. The van der Waals surface area contributed by atoms with Crippen LogP contribution in [0.5, 0.6) is 0 Å². The molecule has 116 valence electrons. The van der Waals surface area contributed by atoms with Crippen LogP contribution in [0.4, 0.5) is 13.9 Å². The van der Waals surface area contributed by atoms with E-state index in [-0.39, 0.29) is 11.9 Å². The zero-order valence-corrected chi connectivity index (χ0v) is 12.8. The number of thiazole rings is 1. The number of nitrogens with zero attached hydrogens (tertiary/aromatic N) is 2. The molecule has 7 heteroatoms. The molecule has 4 nitrogen and oxygen atoms in total. The second-order valence-corrected chi connectivity index (χ2v) is 6.14. The summed E-state index contributed by atoms with van der Waals surface area (Å²) in [5.74, 6) is -1.88. The van der Waals surface area contributed by atoms with Crippen molar-refractivity contribution >= 4 is 22.4 Å². The summed E-state index contributed by atoms with van der Waals surface area (Å²) in [4.78, 5) is 19.0. The summed E-state index contributed by atoms with van der Waals surface area (Å²) < 4.78 is 26.5. The molecule has 0 saturated carbocycles. The fourth-order valence-electron chi connectivity index (χ4n) is 2.71. The molecule has 1 atom stereocenters. The highest BCUT2D eigenvalue weighted by Crippen LogP contribution is 2.34. The van der Waals surface area contributed by atoms with Crippen molar-refractivity contribution in [1.29, 1.82) is 0 Å². The van der Waals surface area contributed by atoms with Gasteiger partial charge in [0.1, 0.15) is 4.88 Å². The Morgan fingerprint density at radius 2 is 2.23 bits per heavy atom. The molecule has 1 aliphatic rings. The number of likely N-dealkylation sites (tertiary alicyclic amines) is 1. The molecular formula is C15H15F2N3OS. The quantitative estimate of drug-likeness (QED) is 0.941.